The van der Waals surface area contributed by atoms with Gasteiger partial charge in [-0.1, -0.05) is 6.92 Å². The van der Waals surface area contributed by atoms with Gasteiger partial charge in [0.05, 0.1) is 12.2 Å². The van der Waals surface area contributed by atoms with E-state index in [1.165, 1.54) is 11.3 Å². The molecule has 4 heteroatoms. The second-order valence-corrected chi connectivity index (χ2v) is 3.72. The molecule has 0 atom stereocenters. The van der Waals surface area contributed by atoms with Crippen LogP contribution in [0, 0.1) is 20.8 Å². The fraction of sp³-hybridized carbons (Fsp3) is 0.636. The second-order valence-electron chi connectivity index (χ2n) is 3.72. The highest BCUT2D eigenvalue weighted by molar-refractivity contribution is 5.75. The normalized spacial score (nSPS) is 10.4. The van der Waals surface area contributed by atoms with Gasteiger partial charge in [-0.3, -0.25) is 9.48 Å². The summed E-state index contributed by atoms with van der Waals surface area (Å²) in [5.74, 6) is 0.0910. The van der Waals surface area contributed by atoms with Gasteiger partial charge in [-0.15, -0.1) is 0 Å². The van der Waals surface area contributed by atoms with Crippen molar-refractivity contribution in [3.8, 4) is 0 Å². The number of carbonyl (C=O) groups is 1. The Labute approximate surface area is 90.7 Å². The van der Waals surface area contributed by atoms with E-state index in [0.717, 1.165) is 12.2 Å². The highest BCUT2D eigenvalue weighted by Gasteiger charge is 2.06. The Hall–Kier alpha value is -1.32. The number of hydrogen-bond donors (Lipinski definition) is 1. The van der Waals surface area contributed by atoms with Crippen LogP contribution >= 0.6 is 0 Å². The van der Waals surface area contributed by atoms with E-state index >= 15 is 0 Å². The molecule has 15 heavy (non-hydrogen) atoms. The minimum Gasteiger partial charge on any atom is -0.354 e. The standard InChI is InChI=1S/C11H19N3O/c1-5-11(15)12-6-7-14-10(4)8(2)9(3)13-14/h5-7H2,1-4H3,(H,12,15). The Balaban J connectivity index is 2.51. The molecule has 0 aromatic carbocycles. The maximum Gasteiger partial charge on any atom is 0.219 e. The Bertz CT molecular complexity index is 355. The molecule has 1 rings (SSSR count). The number of carbonyl (C=O) groups excluding carboxylic acids is 1. The average Bonchev–Trinajstić information content (AvgIpc) is 2.46. The molecule has 1 heterocycles. The summed E-state index contributed by atoms with van der Waals surface area (Å²) in [6.45, 7) is 9.36. The first kappa shape index (κ1) is 11.8. The van der Waals surface area contributed by atoms with Gasteiger partial charge in [-0.05, 0) is 26.3 Å². The second kappa shape index (κ2) is 4.96. The molecule has 1 amide bonds. The molecule has 0 radical (unpaired) electrons. The van der Waals surface area contributed by atoms with Gasteiger partial charge in [0.1, 0.15) is 0 Å². The van der Waals surface area contributed by atoms with Crippen molar-refractivity contribution < 1.29 is 4.79 Å². The summed E-state index contributed by atoms with van der Waals surface area (Å²) in [4.78, 5) is 11.0. The topological polar surface area (TPSA) is 46.9 Å². The summed E-state index contributed by atoms with van der Waals surface area (Å²) in [5, 5.41) is 7.23. The zero-order valence-corrected chi connectivity index (χ0v) is 9.92. The lowest BCUT2D eigenvalue weighted by molar-refractivity contribution is -0.120. The third-order valence-corrected chi connectivity index (χ3v) is 2.71. The molecular weight excluding hydrogens is 190 g/mol. The number of hydrogen-bond acceptors (Lipinski definition) is 2. The molecule has 0 fully saturated rings. The molecule has 0 aliphatic carbocycles. The SMILES string of the molecule is CCC(=O)NCCn1nc(C)c(C)c1C. The summed E-state index contributed by atoms with van der Waals surface area (Å²) >= 11 is 0. The Morgan fingerprint density at radius 2 is 2.07 bits per heavy atom. The molecule has 0 saturated heterocycles. The lowest BCUT2D eigenvalue weighted by Gasteiger charge is -2.05. The third-order valence-electron chi connectivity index (χ3n) is 2.71. The lowest BCUT2D eigenvalue weighted by Crippen LogP contribution is -2.26. The molecule has 0 aliphatic heterocycles. The average molecular weight is 209 g/mol. The highest BCUT2D eigenvalue weighted by Crippen LogP contribution is 2.10. The van der Waals surface area contributed by atoms with Gasteiger partial charge in [0, 0.05) is 18.7 Å². The van der Waals surface area contributed by atoms with E-state index in [4.69, 9.17) is 0 Å². The predicted octanol–water partition coefficient (Wildman–Crippen LogP) is 1.33. The van der Waals surface area contributed by atoms with E-state index in [9.17, 15) is 4.79 Å². The van der Waals surface area contributed by atoms with Crippen LogP contribution in [0.3, 0.4) is 0 Å². The zero-order valence-electron chi connectivity index (χ0n) is 9.92. The van der Waals surface area contributed by atoms with Gasteiger partial charge >= 0.3 is 0 Å². The van der Waals surface area contributed by atoms with Crippen molar-refractivity contribution in [3.05, 3.63) is 17.0 Å². The molecule has 84 valence electrons. The van der Waals surface area contributed by atoms with Crippen LogP contribution in [0.25, 0.3) is 0 Å². The number of aryl methyl sites for hydroxylation is 1. The molecule has 1 aromatic heterocycles. The summed E-state index contributed by atoms with van der Waals surface area (Å²) < 4.78 is 1.95. The van der Waals surface area contributed by atoms with Crippen molar-refractivity contribution in [1.29, 1.82) is 0 Å². The first-order valence-electron chi connectivity index (χ1n) is 5.33. The van der Waals surface area contributed by atoms with Crippen LogP contribution in [0.4, 0.5) is 0 Å². The van der Waals surface area contributed by atoms with E-state index in [-0.39, 0.29) is 5.91 Å². The van der Waals surface area contributed by atoms with Crippen LogP contribution in [0.1, 0.15) is 30.3 Å². The predicted molar refractivity (Wildman–Crippen MR) is 59.7 cm³/mol. The van der Waals surface area contributed by atoms with Gasteiger partial charge in [0.15, 0.2) is 0 Å². The molecule has 1 aromatic rings. The molecule has 0 spiro atoms. The summed E-state index contributed by atoms with van der Waals surface area (Å²) in [6.07, 6.45) is 0.538. The summed E-state index contributed by atoms with van der Waals surface area (Å²) in [6, 6.07) is 0. The fourth-order valence-electron chi connectivity index (χ4n) is 1.43. The van der Waals surface area contributed by atoms with E-state index in [2.05, 4.69) is 24.3 Å². The molecule has 0 aliphatic rings. The third kappa shape index (κ3) is 2.81. The quantitative estimate of drug-likeness (QED) is 0.813. The number of nitrogens with one attached hydrogen (secondary N) is 1. The smallest absolute Gasteiger partial charge is 0.219 e. The fourth-order valence-corrected chi connectivity index (χ4v) is 1.43. The van der Waals surface area contributed by atoms with Crippen LogP contribution in [0.5, 0.6) is 0 Å². The Morgan fingerprint density at radius 3 is 2.53 bits per heavy atom. The molecule has 1 N–H and O–H groups in total. The van der Waals surface area contributed by atoms with Gasteiger partial charge in [0.2, 0.25) is 5.91 Å². The monoisotopic (exact) mass is 209 g/mol. The number of amides is 1. The number of rotatable bonds is 4. The highest BCUT2D eigenvalue weighted by atomic mass is 16.1. The van der Waals surface area contributed by atoms with Crippen LogP contribution in [-0.2, 0) is 11.3 Å². The van der Waals surface area contributed by atoms with E-state index in [1.807, 2.05) is 18.5 Å². The molecular formula is C11H19N3O. The Morgan fingerprint density at radius 1 is 1.40 bits per heavy atom. The lowest BCUT2D eigenvalue weighted by atomic mass is 10.2. The van der Waals surface area contributed by atoms with Gasteiger partial charge in [-0.2, -0.15) is 5.10 Å². The van der Waals surface area contributed by atoms with Crippen molar-refractivity contribution in [2.75, 3.05) is 6.54 Å². The van der Waals surface area contributed by atoms with E-state index in [0.29, 0.717) is 13.0 Å². The van der Waals surface area contributed by atoms with Crippen LogP contribution in [0.2, 0.25) is 0 Å². The molecule has 0 unspecified atom stereocenters. The van der Waals surface area contributed by atoms with E-state index < -0.39 is 0 Å². The summed E-state index contributed by atoms with van der Waals surface area (Å²) in [5.41, 5.74) is 3.48. The summed E-state index contributed by atoms with van der Waals surface area (Å²) in [7, 11) is 0. The number of nitrogens with zero attached hydrogens (tertiary/aromatic N) is 2. The van der Waals surface area contributed by atoms with Crippen molar-refractivity contribution in [3.63, 3.8) is 0 Å². The van der Waals surface area contributed by atoms with Gasteiger partial charge in [-0.25, -0.2) is 0 Å². The van der Waals surface area contributed by atoms with Crippen molar-refractivity contribution in [2.24, 2.45) is 0 Å². The van der Waals surface area contributed by atoms with Crippen LogP contribution < -0.4 is 5.32 Å². The number of aromatic nitrogens is 2. The Kier molecular flexibility index (Phi) is 3.88. The van der Waals surface area contributed by atoms with E-state index in [1.54, 1.807) is 0 Å². The van der Waals surface area contributed by atoms with Gasteiger partial charge in [0.25, 0.3) is 0 Å². The minimum atomic E-state index is 0.0910. The molecule has 0 saturated carbocycles. The van der Waals surface area contributed by atoms with Crippen LogP contribution in [0.15, 0.2) is 0 Å². The molecule has 4 nitrogen and oxygen atoms in total. The van der Waals surface area contributed by atoms with Crippen molar-refractivity contribution in [1.82, 2.24) is 15.1 Å². The zero-order chi connectivity index (χ0) is 11.4. The molecule has 0 bridgehead atoms. The first-order chi connectivity index (χ1) is 7.06. The minimum absolute atomic E-state index is 0.0910. The first-order valence-corrected chi connectivity index (χ1v) is 5.33. The maximum absolute atomic E-state index is 11.0. The largest absolute Gasteiger partial charge is 0.354 e. The van der Waals surface area contributed by atoms with Gasteiger partial charge < -0.3 is 5.32 Å². The van der Waals surface area contributed by atoms with Crippen molar-refractivity contribution >= 4 is 5.91 Å². The maximum atomic E-state index is 11.0. The van der Waals surface area contributed by atoms with Crippen LogP contribution in [-0.4, -0.2) is 22.2 Å². The van der Waals surface area contributed by atoms with Crippen molar-refractivity contribution in [2.45, 2.75) is 40.7 Å².